The molecule has 5 N–H and O–H groups in total. The number of sulfonamides is 1. The van der Waals surface area contributed by atoms with Crippen molar-refractivity contribution < 1.29 is 23.4 Å². The second-order valence-electron chi connectivity index (χ2n) is 8.07. The molecule has 1 fully saturated rings. The van der Waals surface area contributed by atoms with Crippen molar-refractivity contribution in [1.29, 1.82) is 0 Å². The summed E-state index contributed by atoms with van der Waals surface area (Å²) in [6, 6.07) is 7.28. The number of nitrogens with zero attached hydrogens (tertiary/aromatic N) is 1. The summed E-state index contributed by atoms with van der Waals surface area (Å²) < 4.78 is 34.0. The number of ether oxygens (including phenoxy) is 1. The SMILES string of the molecule is CC(C)(C)c1cc(O)c(NS(=O)(=O)c2cc(N)ccc2N2CCOCC2)cc1O. The van der Waals surface area contributed by atoms with Gasteiger partial charge in [0, 0.05) is 30.4 Å². The fourth-order valence-electron chi connectivity index (χ4n) is 3.27. The Labute approximate surface area is 171 Å². The largest absolute Gasteiger partial charge is 0.508 e. The molecule has 0 saturated carbocycles. The number of nitrogens with two attached hydrogens (primary N) is 1. The highest BCUT2D eigenvalue weighted by molar-refractivity contribution is 7.93. The lowest BCUT2D eigenvalue weighted by atomic mass is 9.86. The molecule has 29 heavy (non-hydrogen) atoms. The molecule has 2 aromatic rings. The average Bonchev–Trinajstić information content (AvgIpc) is 2.64. The van der Waals surface area contributed by atoms with Gasteiger partial charge in [-0.25, -0.2) is 8.42 Å². The molecule has 0 amide bonds. The minimum atomic E-state index is -4.09. The lowest BCUT2D eigenvalue weighted by molar-refractivity contribution is 0.122. The summed E-state index contributed by atoms with van der Waals surface area (Å²) in [6.07, 6.45) is 0. The number of phenols is 2. The topological polar surface area (TPSA) is 125 Å². The van der Waals surface area contributed by atoms with Gasteiger partial charge in [0.1, 0.15) is 16.4 Å². The number of hydrogen-bond acceptors (Lipinski definition) is 7. The number of morpholine rings is 1. The molecule has 1 heterocycles. The number of benzene rings is 2. The third-order valence-electron chi connectivity index (χ3n) is 4.79. The van der Waals surface area contributed by atoms with Crippen molar-refractivity contribution in [3.8, 4) is 11.5 Å². The molecule has 1 saturated heterocycles. The van der Waals surface area contributed by atoms with Crippen molar-refractivity contribution in [2.75, 3.05) is 41.7 Å². The van der Waals surface area contributed by atoms with Gasteiger partial charge in [0.25, 0.3) is 10.0 Å². The maximum Gasteiger partial charge on any atom is 0.264 e. The van der Waals surface area contributed by atoms with Gasteiger partial charge in [-0.05, 0) is 29.7 Å². The lowest BCUT2D eigenvalue weighted by Gasteiger charge is -2.30. The van der Waals surface area contributed by atoms with Gasteiger partial charge in [0.2, 0.25) is 0 Å². The van der Waals surface area contributed by atoms with Gasteiger partial charge in [-0.15, -0.1) is 0 Å². The summed E-state index contributed by atoms with van der Waals surface area (Å²) in [5, 5.41) is 20.7. The van der Waals surface area contributed by atoms with Crippen LogP contribution in [-0.2, 0) is 20.2 Å². The Morgan fingerprint density at radius 3 is 2.34 bits per heavy atom. The number of anilines is 3. The zero-order valence-electron chi connectivity index (χ0n) is 16.8. The molecule has 1 aliphatic heterocycles. The second-order valence-corrected chi connectivity index (χ2v) is 9.72. The predicted octanol–water partition coefficient (Wildman–Crippen LogP) is 2.61. The average molecular weight is 422 g/mol. The van der Waals surface area contributed by atoms with Crippen LogP contribution < -0.4 is 15.4 Å². The molecule has 9 heteroatoms. The van der Waals surface area contributed by atoms with Crippen LogP contribution in [0.2, 0.25) is 0 Å². The van der Waals surface area contributed by atoms with Crippen molar-refractivity contribution in [2.24, 2.45) is 0 Å². The first-order chi connectivity index (χ1) is 13.5. The second kappa shape index (κ2) is 7.64. The summed E-state index contributed by atoms with van der Waals surface area (Å²) in [7, 11) is -4.09. The van der Waals surface area contributed by atoms with Gasteiger partial charge in [-0.2, -0.15) is 0 Å². The van der Waals surface area contributed by atoms with Crippen molar-refractivity contribution >= 4 is 27.1 Å². The smallest absolute Gasteiger partial charge is 0.264 e. The standard InChI is InChI=1S/C20H27N3O5S/c1-20(2,3)14-11-18(25)15(12-17(14)24)22-29(26,27)19-10-13(21)4-5-16(19)23-6-8-28-9-7-23/h4-5,10-12,22,24-25H,6-9,21H2,1-3H3. The molecule has 0 aliphatic carbocycles. The van der Waals surface area contributed by atoms with Crippen molar-refractivity contribution in [2.45, 2.75) is 31.1 Å². The van der Waals surface area contributed by atoms with Crippen molar-refractivity contribution in [3.63, 3.8) is 0 Å². The van der Waals surface area contributed by atoms with E-state index in [1.807, 2.05) is 25.7 Å². The van der Waals surface area contributed by atoms with Crippen LogP contribution in [0, 0.1) is 0 Å². The van der Waals surface area contributed by atoms with Crippen LogP contribution in [0.25, 0.3) is 0 Å². The van der Waals surface area contributed by atoms with Crippen LogP contribution in [0.4, 0.5) is 17.1 Å². The molecule has 1 aliphatic rings. The number of aromatic hydroxyl groups is 2. The number of phenolic OH excluding ortho intramolecular Hbond substituents is 2. The van der Waals surface area contributed by atoms with Crippen molar-refractivity contribution in [3.05, 3.63) is 35.9 Å². The number of nitrogen functional groups attached to an aromatic ring is 1. The van der Waals surface area contributed by atoms with E-state index in [1.54, 1.807) is 12.1 Å². The van der Waals surface area contributed by atoms with E-state index in [0.29, 0.717) is 43.2 Å². The normalized spacial score (nSPS) is 15.3. The van der Waals surface area contributed by atoms with E-state index in [9.17, 15) is 18.6 Å². The molecule has 0 aromatic heterocycles. The van der Waals surface area contributed by atoms with E-state index in [1.165, 1.54) is 18.2 Å². The van der Waals surface area contributed by atoms with E-state index in [0.717, 1.165) is 0 Å². The van der Waals surface area contributed by atoms with E-state index >= 15 is 0 Å². The Hall–Kier alpha value is -2.65. The van der Waals surface area contributed by atoms with Crippen LogP contribution in [-0.4, -0.2) is 44.9 Å². The first kappa shape index (κ1) is 21.1. The Kier molecular flexibility index (Phi) is 5.55. The Bertz CT molecular complexity index is 1010. The lowest BCUT2D eigenvalue weighted by Crippen LogP contribution is -2.37. The summed E-state index contributed by atoms with van der Waals surface area (Å²) >= 11 is 0. The van der Waals surface area contributed by atoms with Gasteiger partial charge in [0.15, 0.2) is 0 Å². The highest BCUT2D eigenvalue weighted by Crippen LogP contribution is 2.39. The van der Waals surface area contributed by atoms with Gasteiger partial charge >= 0.3 is 0 Å². The molecule has 2 aromatic carbocycles. The number of hydrogen-bond donors (Lipinski definition) is 4. The van der Waals surface area contributed by atoms with Gasteiger partial charge in [-0.3, -0.25) is 4.72 Å². The Morgan fingerprint density at radius 2 is 1.72 bits per heavy atom. The molecule has 0 spiro atoms. The molecule has 0 atom stereocenters. The van der Waals surface area contributed by atoms with Crippen LogP contribution in [0.15, 0.2) is 35.2 Å². The van der Waals surface area contributed by atoms with Gasteiger partial charge in [-0.1, -0.05) is 20.8 Å². The molecular weight excluding hydrogens is 394 g/mol. The van der Waals surface area contributed by atoms with Gasteiger partial charge in [0.05, 0.1) is 24.6 Å². The van der Waals surface area contributed by atoms with E-state index < -0.39 is 15.4 Å². The molecule has 8 nitrogen and oxygen atoms in total. The maximum atomic E-state index is 13.1. The van der Waals surface area contributed by atoms with E-state index in [-0.39, 0.29) is 22.1 Å². The highest BCUT2D eigenvalue weighted by atomic mass is 32.2. The molecule has 0 radical (unpaired) electrons. The number of rotatable bonds is 4. The zero-order chi connectivity index (χ0) is 21.4. The van der Waals surface area contributed by atoms with Crippen LogP contribution in [0.5, 0.6) is 11.5 Å². The number of nitrogens with one attached hydrogen (secondary N) is 1. The van der Waals surface area contributed by atoms with Crippen LogP contribution in [0.1, 0.15) is 26.3 Å². The summed E-state index contributed by atoms with van der Waals surface area (Å²) in [5.41, 5.74) is 6.64. The minimum absolute atomic E-state index is 0.00168. The summed E-state index contributed by atoms with van der Waals surface area (Å²) in [6.45, 7) is 7.75. The minimum Gasteiger partial charge on any atom is -0.508 e. The first-order valence-electron chi connectivity index (χ1n) is 9.30. The van der Waals surface area contributed by atoms with Crippen LogP contribution >= 0.6 is 0 Å². The quantitative estimate of drug-likeness (QED) is 0.340. The predicted molar refractivity (Wildman–Crippen MR) is 113 cm³/mol. The Balaban J connectivity index is 2.01. The first-order valence-corrected chi connectivity index (χ1v) is 10.8. The maximum absolute atomic E-state index is 13.1. The molecular formula is C20H27N3O5S. The van der Waals surface area contributed by atoms with Crippen LogP contribution in [0.3, 0.4) is 0 Å². The monoisotopic (exact) mass is 421 g/mol. The third-order valence-corrected chi connectivity index (χ3v) is 6.19. The highest BCUT2D eigenvalue weighted by Gasteiger charge is 2.26. The summed E-state index contributed by atoms with van der Waals surface area (Å²) in [4.78, 5) is 1.91. The fraction of sp³-hybridized carbons (Fsp3) is 0.400. The third kappa shape index (κ3) is 4.51. The molecule has 0 bridgehead atoms. The zero-order valence-corrected chi connectivity index (χ0v) is 17.6. The van der Waals surface area contributed by atoms with E-state index in [2.05, 4.69) is 4.72 Å². The van der Waals surface area contributed by atoms with Crippen molar-refractivity contribution in [1.82, 2.24) is 0 Å². The fourth-order valence-corrected chi connectivity index (χ4v) is 4.60. The Morgan fingerprint density at radius 1 is 1.07 bits per heavy atom. The van der Waals surface area contributed by atoms with E-state index in [4.69, 9.17) is 10.5 Å². The van der Waals surface area contributed by atoms with Gasteiger partial charge < -0.3 is 25.6 Å². The molecule has 158 valence electrons. The summed E-state index contributed by atoms with van der Waals surface area (Å²) in [5.74, 6) is -0.373. The molecule has 3 rings (SSSR count). The molecule has 0 unspecified atom stereocenters.